The molecule has 1 amide bonds. The maximum atomic E-state index is 11.9. The van der Waals surface area contributed by atoms with Gasteiger partial charge in [-0.15, -0.1) is 24.0 Å². The number of likely N-dealkylation sites (tertiary alicyclic amines) is 1. The van der Waals surface area contributed by atoms with Crippen LogP contribution < -0.4 is 10.6 Å². The highest BCUT2D eigenvalue weighted by molar-refractivity contribution is 14.0. The third kappa shape index (κ3) is 8.44. The number of carbonyl (C=O) groups is 1. The zero-order valence-electron chi connectivity index (χ0n) is 17.0. The van der Waals surface area contributed by atoms with Crippen LogP contribution in [0.25, 0.3) is 0 Å². The number of likely N-dealkylation sites (N-methyl/N-ethyl adjacent to an activating group) is 1. The lowest BCUT2D eigenvalue weighted by Crippen LogP contribution is -2.51. The Kier molecular flexibility index (Phi) is 9.50. The van der Waals surface area contributed by atoms with Gasteiger partial charge in [0.25, 0.3) is 0 Å². The molecule has 1 rings (SSSR count). The standard InChI is InChI=1S/C17H35N5O2.HI/c1-16(2,3)24-15(23)20-13-9-10-22(11-13)14(18-6)19-12-17(4,5)21(7)8;/h13H,9-12H2,1-8H3,(H,18,19)(H,20,23);1H. The first-order chi connectivity index (χ1) is 10.9. The smallest absolute Gasteiger partial charge is 0.407 e. The van der Waals surface area contributed by atoms with Gasteiger partial charge >= 0.3 is 6.09 Å². The molecule has 7 nitrogen and oxygen atoms in total. The fourth-order valence-corrected chi connectivity index (χ4v) is 2.33. The van der Waals surface area contributed by atoms with Gasteiger partial charge in [0.15, 0.2) is 5.96 Å². The number of ether oxygens (including phenoxy) is 1. The maximum Gasteiger partial charge on any atom is 0.407 e. The molecule has 1 atom stereocenters. The predicted octanol–water partition coefficient (Wildman–Crippen LogP) is 2.12. The molecule has 1 saturated heterocycles. The van der Waals surface area contributed by atoms with Crippen LogP contribution >= 0.6 is 24.0 Å². The number of carbonyl (C=O) groups excluding carboxylic acids is 1. The number of alkyl carbamates (subject to hydrolysis) is 1. The molecule has 8 heteroatoms. The van der Waals surface area contributed by atoms with Crippen molar-refractivity contribution in [3.63, 3.8) is 0 Å². The summed E-state index contributed by atoms with van der Waals surface area (Å²) in [7, 11) is 5.93. The van der Waals surface area contributed by atoms with Gasteiger partial charge in [-0.25, -0.2) is 4.79 Å². The van der Waals surface area contributed by atoms with Crippen molar-refractivity contribution in [3.05, 3.63) is 0 Å². The SMILES string of the molecule is CN=C(NCC(C)(C)N(C)C)N1CCC(NC(=O)OC(C)(C)C)C1.I. The number of amides is 1. The molecule has 0 radical (unpaired) electrons. The van der Waals surface area contributed by atoms with Crippen LogP contribution in [0, 0.1) is 0 Å². The molecule has 0 saturated carbocycles. The summed E-state index contributed by atoms with van der Waals surface area (Å²) in [6.45, 7) is 12.4. The van der Waals surface area contributed by atoms with E-state index in [1.54, 1.807) is 7.05 Å². The van der Waals surface area contributed by atoms with E-state index in [0.717, 1.165) is 32.0 Å². The van der Waals surface area contributed by atoms with Gasteiger partial charge in [-0.2, -0.15) is 0 Å². The van der Waals surface area contributed by atoms with Crippen molar-refractivity contribution in [2.24, 2.45) is 4.99 Å². The Morgan fingerprint density at radius 2 is 1.88 bits per heavy atom. The highest BCUT2D eigenvalue weighted by atomic mass is 127. The molecule has 0 spiro atoms. The minimum absolute atomic E-state index is 0. The Morgan fingerprint density at radius 3 is 2.36 bits per heavy atom. The van der Waals surface area contributed by atoms with Crippen molar-refractivity contribution in [1.29, 1.82) is 0 Å². The second-order valence-electron chi connectivity index (χ2n) is 8.19. The van der Waals surface area contributed by atoms with E-state index in [2.05, 4.69) is 53.4 Å². The lowest BCUT2D eigenvalue weighted by molar-refractivity contribution is 0.0507. The Balaban J connectivity index is 0.00000576. The lowest BCUT2D eigenvalue weighted by Gasteiger charge is -2.34. The van der Waals surface area contributed by atoms with Gasteiger partial charge in [0.1, 0.15) is 5.60 Å². The number of rotatable bonds is 4. The van der Waals surface area contributed by atoms with Crippen molar-refractivity contribution in [2.75, 3.05) is 40.8 Å². The van der Waals surface area contributed by atoms with Crippen LogP contribution in [0.15, 0.2) is 4.99 Å². The second kappa shape index (κ2) is 9.80. The molecule has 1 heterocycles. The summed E-state index contributed by atoms with van der Waals surface area (Å²) in [5.41, 5.74) is -0.443. The summed E-state index contributed by atoms with van der Waals surface area (Å²) in [6.07, 6.45) is 0.530. The number of halogens is 1. The van der Waals surface area contributed by atoms with Crippen molar-refractivity contribution in [1.82, 2.24) is 20.4 Å². The van der Waals surface area contributed by atoms with E-state index in [1.807, 2.05) is 20.8 Å². The Hall–Kier alpha value is -0.770. The van der Waals surface area contributed by atoms with Crippen LogP contribution in [-0.4, -0.2) is 79.8 Å². The van der Waals surface area contributed by atoms with Gasteiger partial charge < -0.3 is 25.2 Å². The largest absolute Gasteiger partial charge is 0.444 e. The lowest BCUT2D eigenvalue weighted by atomic mass is 10.0. The summed E-state index contributed by atoms with van der Waals surface area (Å²) < 4.78 is 5.32. The van der Waals surface area contributed by atoms with Crippen LogP contribution in [0.5, 0.6) is 0 Å². The first-order valence-electron chi connectivity index (χ1n) is 8.57. The zero-order chi connectivity index (χ0) is 18.5. The van der Waals surface area contributed by atoms with Crippen molar-refractivity contribution in [2.45, 2.75) is 58.2 Å². The molecule has 1 unspecified atom stereocenters. The third-order valence-corrected chi connectivity index (χ3v) is 4.31. The Morgan fingerprint density at radius 1 is 1.28 bits per heavy atom. The first-order valence-corrected chi connectivity index (χ1v) is 8.57. The monoisotopic (exact) mass is 469 g/mol. The van der Waals surface area contributed by atoms with Gasteiger partial charge in [-0.1, -0.05) is 0 Å². The maximum absolute atomic E-state index is 11.9. The summed E-state index contributed by atoms with van der Waals surface area (Å²) >= 11 is 0. The third-order valence-electron chi connectivity index (χ3n) is 4.31. The summed E-state index contributed by atoms with van der Waals surface area (Å²) in [5, 5.41) is 6.38. The van der Waals surface area contributed by atoms with Crippen molar-refractivity contribution in [3.8, 4) is 0 Å². The number of nitrogens with zero attached hydrogens (tertiary/aromatic N) is 3. The van der Waals surface area contributed by atoms with Gasteiger partial charge in [-0.05, 0) is 55.1 Å². The van der Waals surface area contributed by atoms with Crippen LogP contribution in [0.4, 0.5) is 4.79 Å². The number of nitrogens with one attached hydrogen (secondary N) is 2. The van der Waals surface area contributed by atoms with Crippen LogP contribution in [-0.2, 0) is 4.74 Å². The zero-order valence-corrected chi connectivity index (χ0v) is 19.3. The number of hydrogen-bond acceptors (Lipinski definition) is 4. The second-order valence-corrected chi connectivity index (χ2v) is 8.19. The average Bonchev–Trinajstić information content (AvgIpc) is 2.85. The molecule has 0 aromatic rings. The van der Waals surface area contributed by atoms with Gasteiger partial charge in [0.2, 0.25) is 0 Å². The quantitative estimate of drug-likeness (QED) is 0.375. The molecule has 0 bridgehead atoms. The molecule has 148 valence electrons. The van der Waals surface area contributed by atoms with Gasteiger partial charge in [0, 0.05) is 32.2 Å². The van der Waals surface area contributed by atoms with Crippen molar-refractivity contribution >= 4 is 36.0 Å². The molecular formula is C17H36IN5O2. The predicted molar refractivity (Wildman–Crippen MR) is 114 cm³/mol. The van der Waals surface area contributed by atoms with E-state index in [-0.39, 0.29) is 41.7 Å². The normalized spacial score (nSPS) is 18.8. The van der Waals surface area contributed by atoms with E-state index in [4.69, 9.17) is 4.74 Å². The molecule has 1 aliphatic heterocycles. The summed E-state index contributed by atoms with van der Waals surface area (Å²) in [4.78, 5) is 20.6. The summed E-state index contributed by atoms with van der Waals surface area (Å²) in [5.74, 6) is 0.874. The minimum atomic E-state index is -0.474. The fraction of sp³-hybridized carbons (Fsp3) is 0.882. The number of hydrogen-bond donors (Lipinski definition) is 2. The molecular weight excluding hydrogens is 433 g/mol. The van der Waals surface area contributed by atoms with E-state index in [0.29, 0.717) is 0 Å². The molecule has 0 aromatic carbocycles. The fourth-order valence-electron chi connectivity index (χ4n) is 2.33. The van der Waals surface area contributed by atoms with Gasteiger partial charge in [-0.3, -0.25) is 4.99 Å². The molecule has 1 aliphatic rings. The van der Waals surface area contributed by atoms with E-state index >= 15 is 0 Å². The molecule has 2 N–H and O–H groups in total. The van der Waals surface area contributed by atoms with E-state index in [9.17, 15) is 4.79 Å². The highest BCUT2D eigenvalue weighted by Gasteiger charge is 2.29. The van der Waals surface area contributed by atoms with Crippen LogP contribution in [0.3, 0.4) is 0 Å². The Labute approximate surface area is 170 Å². The molecule has 25 heavy (non-hydrogen) atoms. The Bertz CT molecular complexity index is 460. The van der Waals surface area contributed by atoms with E-state index in [1.165, 1.54) is 0 Å². The molecule has 0 aromatic heterocycles. The number of guanidine groups is 1. The van der Waals surface area contributed by atoms with Crippen molar-refractivity contribution < 1.29 is 9.53 Å². The molecule has 0 aliphatic carbocycles. The topological polar surface area (TPSA) is 69.2 Å². The molecule has 1 fully saturated rings. The minimum Gasteiger partial charge on any atom is -0.444 e. The first kappa shape index (κ1) is 24.2. The summed E-state index contributed by atoms with van der Waals surface area (Å²) in [6, 6.07) is 0.0836. The highest BCUT2D eigenvalue weighted by Crippen LogP contribution is 2.13. The van der Waals surface area contributed by atoms with Crippen LogP contribution in [0.2, 0.25) is 0 Å². The average molecular weight is 469 g/mol. The number of aliphatic imine (C=N–C) groups is 1. The van der Waals surface area contributed by atoms with E-state index < -0.39 is 5.60 Å². The van der Waals surface area contributed by atoms with Gasteiger partial charge in [0.05, 0.1) is 6.04 Å². The van der Waals surface area contributed by atoms with Crippen LogP contribution in [0.1, 0.15) is 41.0 Å².